The highest BCUT2D eigenvalue weighted by atomic mass is 35.7. The number of hydrogen-bond donors (Lipinski definition) is 1. The van der Waals surface area contributed by atoms with E-state index in [0.29, 0.717) is 25.0 Å². The molecule has 1 N–H and O–H groups in total. The molecule has 1 aliphatic heterocycles. The van der Waals surface area contributed by atoms with Crippen LogP contribution in [0.2, 0.25) is 0 Å². The van der Waals surface area contributed by atoms with Crippen molar-refractivity contribution in [1.29, 1.82) is 0 Å². The number of aliphatic hydroxyl groups is 1. The first-order chi connectivity index (χ1) is 16.0. The predicted octanol–water partition coefficient (Wildman–Crippen LogP) is 4.87. The Morgan fingerprint density at radius 2 is 1.34 bits per heavy atom. The number of sulfonamides is 1. The van der Waals surface area contributed by atoms with Crippen LogP contribution in [-0.4, -0.2) is 45.4 Å². The van der Waals surface area contributed by atoms with Gasteiger partial charge in [-0.1, -0.05) is 18.6 Å². The van der Waals surface area contributed by atoms with E-state index in [-0.39, 0.29) is 13.2 Å². The van der Waals surface area contributed by atoms with Crippen LogP contribution in [0.3, 0.4) is 0 Å². The number of nitrogens with zero attached hydrogens (tertiary/aromatic N) is 1. The molecule has 0 amide bonds. The zero-order chi connectivity index (χ0) is 26.7. The smallest absolute Gasteiger partial charge is 0.395 e. The van der Waals surface area contributed by atoms with Crippen LogP contribution >= 0.6 is 10.7 Å². The molecule has 2 aromatic rings. The van der Waals surface area contributed by atoms with Crippen LogP contribution < -0.4 is 0 Å². The molecule has 1 saturated heterocycles. The zero-order valence-corrected chi connectivity index (χ0v) is 20.1. The second-order valence-electron chi connectivity index (χ2n) is 7.44. The van der Waals surface area contributed by atoms with Crippen LogP contribution in [-0.2, 0) is 31.4 Å². The van der Waals surface area contributed by atoms with Gasteiger partial charge in [0.05, 0.1) is 27.5 Å². The number of piperidine rings is 1. The second kappa shape index (κ2) is 11.0. The Morgan fingerprint density at radius 1 is 0.857 bits per heavy atom. The first-order valence-corrected chi connectivity index (χ1v) is 13.6. The van der Waals surface area contributed by atoms with E-state index in [9.17, 15) is 48.3 Å². The molecule has 3 rings (SSSR count). The number of halogens is 7. The molecule has 2 aromatic carbocycles. The lowest BCUT2D eigenvalue weighted by molar-refractivity contribution is -0.138. The average molecular weight is 568 g/mol. The second-order valence-corrected chi connectivity index (χ2v) is 11.9. The van der Waals surface area contributed by atoms with E-state index in [1.54, 1.807) is 0 Å². The predicted molar refractivity (Wildman–Crippen MR) is 115 cm³/mol. The molecular weight excluding hydrogens is 548 g/mol. The van der Waals surface area contributed by atoms with Gasteiger partial charge in [-0.25, -0.2) is 16.8 Å². The highest BCUT2D eigenvalue weighted by Gasteiger charge is 2.36. The van der Waals surface area contributed by atoms with E-state index >= 15 is 0 Å². The van der Waals surface area contributed by atoms with Gasteiger partial charge in [-0.05, 0) is 49.2 Å². The van der Waals surface area contributed by atoms with E-state index in [2.05, 4.69) is 0 Å². The highest BCUT2D eigenvalue weighted by molar-refractivity contribution is 8.13. The molecule has 1 heterocycles. The molecule has 6 nitrogen and oxygen atoms in total. The van der Waals surface area contributed by atoms with E-state index in [0.717, 1.165) is 47.1 Å². The third-order valence-corrected chi connectivity index (χ3v) is 8.29. The van der Waals surface area contributed by atoms with Gasteiger partial charge in [-0.15, -0.1) is 0 Å². The molecule has 0 saturated carbocycles. The van der Waals surface area contributed by atoms with Crippen molar-refractivity contribution < 1.29 is 48.3 Å². The highest BCUT2D eigenvalue weighted by Crippen LogP contribution is 2.33. The van der Waals surface area contributed by atoms with Gasteiger partial charge in [0.2, 0.25) is 10.0 Å². The summed E-state index contributed by atoms with van der Waals surface area (Å²) in [5.41, 5.74) is -2.04. The summed E-state index contributed by atoms with van der Waals surface area (Å²) >= 11 is 0. The van der Waals surface area contributed by atoms with Gasteiger partial charge in [-0.3, -0.25) is 0 Å². The number of aliphatic hydroxyl groups excluding tert-OH is 1. The number of benzene rings is 2. The molecule has 1 fully saturated rings. The van der Waals surface area contributed by atoms with Gasteiger partial charge in [0, 0.05) is 23.3 Å². The van der Waals surface area contributed by atoms with Crippen molar-refractivity contribution in [2.45, 2.75) is 47.4 Å². The molecule has 196 valence electrons. The Balaban J connectivity index is 0.000000269. The molecule has 0 radical (unpaired) electrons. The lowest BCUT2D eigenvalue weighted by Crippen LogP contribution is -2.45. The number of alkyl halides is 6. The molecule has 35 heavy (non-hydrogen) atoms. The maximum Gasteiger partial charge on any atom is 0.416 e. The third-order valence-electron chi connectivity index (χ3n) is 4.99. The summed E-state index contributed by atoms with van der Waals surface area (Å²) in [6.45, 7) is -0.123. The summed E-state index contributed by atoms with van der Waals surface area (Å²) in [7, 11) is -3.26. The maximum atomic E-state index is 12.7. The van der Waals surface area contributed by atoms with Gasteiger partial charge in [0.1, 0.15) is 0 Å². The van der Waals surface area contributed by atoms with Gasteiger partial charge in [-0.2, -0.15) is 30.6 Å². The largest absolute Gasteiger partial charge is 0.416 e. The van der Waals surface area contributed by atoms with Crippen LogP contribution in [0.25, 0.3) is 0 Å². The molecule has 0 spiro atoms. The molecule has 0 aromatic heterocycles. The zero-order valence-electron chi connectivity index (χ0n) is 17.7. The normalized spacial score (nSPS) is 18.0. The van der Waals surface area contributed by atoms with Crippen LogP contribution in [0.15, 0.2) is 58.3 Å². The Morgan fingerprint density at radius 3 is 1.80 bits per heavy atom. The minimum absolute atomic E-state index is 0.212. The average Bonchev–Trinajstić information content (AvgIpc) is 2.78. The van der Waals surface area contributed by atoms with Crippen molar-refractivity contribution in [2.24, 2.45) is 0 Å². The fourth-order valence-corrected chi connectivity index (χ4v) is 5.79. The van der Waals surface area contributed by atoms with Gasteiger partial charge < -0.3 is 5.11 Å². The topological polar surface area (TPSA) is 91.8 Å². The van der Waals surface area contributed by atoms with Crippen LogP contribution in [0.4, 0.5) is 26.3 Å². The maximum absolute atomic E-state index is 12.7. The van der Waals surface area contributed by atoms with Crippen molar-refractivity contribution >= 4 is 29.8 Å². The van der Waals surface area contributed by atoms with Crippen molar-refractivity contribution in [2.75, 3.05) is 13.2 Å². The van der Waals surface area contributed by atoms with Crippen LogP contribution in [0, 0.1) is 0 Å². The summed E-state index contributed by atoms with van der Waals surface area (Å²) < 4.78 is 122. The summed E-state index contributed by atoms with van der Waals surface area (Å²) in [5.74, 6) is 0. The van der Waals surface area contributed by atoms with Crippen molar-refractivity contribution in [1.82, 2.24) is 4.31 Å². The van der Waals surface area contributed by atoms with Gasteiger partial charge in [0.25, 0.3) is 9.05 Å². The van der Waals surface area contributed by atoms with E-state index in [4.69, 9.17) is 10.7 Å². The lowest BCUT2D eigenvalue weighted by atomic mass is 10.1. The molecule has 0 aliphatic carbocycles. The van der Waals surface area contributed by atoms with E-state index < -0.39 is 58.4 Å². The van der Waals surface area contributed by atoms with Crippen molar-refractivity contribution in [3.05, 3.63) is 59.7 Å². The van der Waals surface area contributed by atoms with Crippen LogP contribution in [0.5, 0.6) is 0 Å². The molecule has 15 heteroatoms. The molecule has 1 unspecified atom stereocenters. The third kappa shape index (κ3) is 7.81. The molecule has 1 aliphatic rings. The van der Waals surface area contributed by atoms with Gasteiger partial charge >= 0.3 is 12.4 Å². The summed E-state index contributed by atoms with van der Waals surface area (Å²) in [5, 5.41) is 9.27. The van der Waals surface area contributed by atoms with Crippen molar-refractivity contribution in [3.63, 3.8) is 0 Å². The molecule has 1 atom stereocenters. The first-order valence-electron chi connectivity index (χ1n) is 9.90. The number of rotatable bonds is 4. The fraction of sp³-hybridized carbons (Fsp3) is 0.400. The Hall–Kier alpha value is -1.87. The standard InChI is InChI=1S/C13H16F3NO3S.C7H4ClF3O2S/c14-13(15,16)10-4-3-6-12(8-10)21(19,20)17-7-2-1-5-11(17)9-18;8-14(12,13)6-3-1-2-5(4-6)7(9,10)11/h3-4,6,8,11,18H,1-2,5,7,9H2;1-4H. The SMILES string of the molecule is O=S(=O)(Cl)c1cccc(C(F)(F)F)c1.O=S(=O)(c1cccc(C(F)(F)F)c1)N1CCCCC1CO. The Kier molecular flexibility index (Phi) is 9.25. The Bertz CT molecular complexity index is 1230. The minimum Gasteiger partial charge on any atom is -0.395 e. The van der Waals surface area contributed by atoms with Crippen LogP contribution in [0.1, 0.15) is 30.4 Å². The summed E-state index contributed by atoms with van der Waals surface area (Å²) in [6.07, 6.45) is -7.23. The fourth-order valence-electron chi connectivity index (χ4n) is 3.27. The van der Waals surface area contributed by atoms with Crippen molar-refractivity contribution in [3.8, 4) is 0 Å². The van der Waals surface area contributed by atoms with E-state index in [1.165, 1.54) is 0 Å². The first kappa shape index (κ1) is 29.4. The van der Waals surface area contributed by atoms with E-state index in [1.807, 2.05) is 0 Å². The minimum atomic E-state index is -4.59. The monoisotopic (exact) mass is 567 g/mol. The summed E-state index contributed by atoms with van der Waals surface area (Å²) in [4.78, 5) is -0.952. The van der Waals surface area contributed by atoms with Gasteiger partial charge in [0.15, 0.2) is 0 Å². The number of hydrogen-bond acceptors (Lipinski definition) is 5. The summed E-state index contributed by atoms with van der Waals surface area (Å²) in [6, 6.07) is 6.36. The molecular formula is C20H20ClF6NO5S2. The quantitative estimate of drug-likeness (QED) is 0.420. The Labute approximate surface area is 202 Å². The molecule has 0 bridgehead atoms. The lowest BCUT2D eigenvalue weighted by Gasteiger charge is -2.33.